The second kappa shape index (κ2) is 5.92. The SMILES string of the molecule is COC(=O)c1c(OCc2ccccc2)c(=O)ccn1N. The Morgan fingerprint density at radius 1 is 1.25 bits per heavy atom. The van der Waals surface area contributed by atoms with Crippen molar-refractivity contribution >= 4 is 5.97 Å². The zero-order chi connectivity index (χ0) is 14.5. The van der Waals surface area contributed by atoms with Gasteiger partial charge in [-0.15, -0.1) is 0 Å². The number of pyridine rings is 1. The molecule has 0 aliphatic heterocycles. The van der Waals surface area contributed by atoms with Gasteiger partial charge in [0, 0.05) is 12.3 Å². The molecule has 0 radical (unpaired) electrons. The Bertz CT molecular complexity index is 665. The molecule has 0 spiro atoms. The summed E-state index contributed by atoms with van der Waals surface area (Å²) in [6, 6.07) is 10.5. The van der Waals surface area contributed by atoms with E-state index in [0.717, 1.165) is 10.2 Å². The fraction of sp³-hybridized carbons (Fsp3) is 0.143. The van der Waals surface area contributed by atoms with Crippen LogP contribution >= 0.6 is 0 Å². The Morgan fingerprint density at radius 3 is 2.60 bits per heavy atom. The third kappa shape index (κ3) is 2.80. The van der Waals surface area contributed by atoms with Gasteiger partial charge < -0.3 is 15.3 Å². The topological polar surface area (TPSA) is 83.5 Å². The molecule has 20 heavy (non-hydrogen) atoms. The molecule has 0 saturated carbocycles. The molecule has 104 valence electrons. The molecule has 6 heteroatoms. The van der Waals surface area contributed by atoms with E-state index in [1.54, 1.807) is 0 Å². The van der Waals surface area contributed by atoms with Crippen LogP contribution in [-0.2, 0) is 11.3 Å². The summed E-state index contributed by atoms with van der Waals surface area (Å²) in [5, 5.41) is 0. The van der Waals surface area contributed by atoms with E-state index in [4.69, 9.17) is 10.6 Å². The van der Waals surface area contributed by atoms with Crippen molar-refractivity contribution < 1.29 is 14.3 Å². The maximum Gasteiger partial charge on any atom is 0.360 e. The van der Waals surface area contributed by atoms with E-state index in [1.165, 1.54) is 19.4 Å². The molecular formula is C14H14N2O4. The highest BCUT2D eigenvalue weighted by molar-refractivity contribution is 5.90. The fourth-order valence-corrected chi connectivity index (χ4v) is 1.70. The van der Waals surface area contributed by atoms with E-state index in [0.29, 0.717) is 0 Å². The van der Waals surface area contributed by atoms with Crippen molar-refractivity contribution in [2.45, 2.75) is 6.61 Å². The van der Waals surface area contributed by atoms with Gasteiger partial charge >= 0.3 is 5.97 Å². The van der Waals surface area contributed by atoms with Crippen LogP contribution in [0, 0.1) is 0 Å². The average Bonchev–Trinajstić information content (AvgIpc) is 2.48. The molecule has 0 aliphatic carbocycles. The van der Waals surface area contributed by atoms with Crippen molar-refractivity contribution in [2.24, 2.45) is 0 Å². The number of nitrogen functional groups attached to an aromatic ring is 1. The third-order valence-corrected chi connectivity index (χ3v) is 2.69. The summed E-state index contributed by atoms with van der Waals surface area (Å²) in [6.45, 7) is 0.157. The molecule has 0 aliphatic rings. The molecule has 0 saturated heterocycles. The molecule has 0 fully saturated rings. The maximum atomic E-state index is 11.8. The number of ether oxygens (including phenoxy) is 2. The van der Waals surface area contributed by atoms with E-state index >= 15 is 0 Å². The smallest absolute Gasteiger partial charge is 0.360 e. The van der Waals surface area contributed by atoms with Gasteiger partial charge in [0.1, 0.15) is 6.61 Å². The van der Waals surface area contributed by atoms with Crippen LogP contribution in [0.4, 0.5) is 0 Å². The lowest BCUT2D eigenvalue weighted by molar-refractivity contribution is 0.0583. The summed E-state index contributed by atoms with van der Waals surface area (Å²) in [7, 11) is 1.21. The lowest BCUT2D eigenvalue weighted by Gasteiger charge is -2.12. The monoisotopic (exact) mass is 274 g/mol. The number of hydrogen-bond acceptors (Lipinski definition) is 5. The molecule has 1 heterocycles. The van der Waals surface area contributed by atoms with Gasteiger partial charge in [-0.25, -0.2) is 4.79 Å². The highest BCUT2D eigenvalue weighted by Gasteiger charge is 2.20. The number of esters is 1. The number of nitrogens with two attached hydrogens (primary N) is 1. The van der Waals surface area contributed by atoms with Gasteiger partial charge in [-0.2, -0.15) is 0 Å². The highest BCUT2D eigenvalue weighted by atomic mass is 16.5. The van der Waals surface area contributed by atoms with Crippen LogP contribution in [0.5, 0.6) is 5.75 Å². The number of rotatable bonds is 4. The van der Waals surface area contributed by atoms with E-state index in [1.807, 2.05) is 30.3 Å². The van der Waals surface area contributed by atoms with Crippen LogP contribution in [0.15, 0.2) is 47.4 Å². The summed E-state index contributed by atoms with van der Waals surface area (Å²) in [5.74, 6) is 4.78. The highest BCUT2D eigenvalue weighted by Crippen LogP contribution is 2.14. The molecule has 0 bridgehead atoms. The van der Waals surface area contributed by atoms with Crippen molar-refractivity contribution in [3.05, 3.63) is 64.1 Å². The number of methoxy groups -OCH3 is 1. The minimum absolute atomic E-state index is 0.115. The summed E-state index contributed by atoms with van der Waals surface area (Å²) in [5.41, 5.74) is 0.328. The molecule has 2 aromatic rings. The Morgan fingerprint density at radius 2 is 1.95 bits per heavy atom. The third-order valence-electron chi connectivity index (χ3n) is 2.69. The predicted molar refractivity (Wildman–Crippen MR) is 73.0 cm³/mol. The second-order valence-electron chi connectivity index (χ2n) is 4.03. The van der Waals surface area contributed by atoms with Crippen LogP contribution in [-0.4, -0.2) is 17.8 Å². The summed E-state index contributed by atoms with van der Waals surface area (Å²) < 4.78 is 11.1. The first-order chi connectivity index (χ1) is 9.63. The number of benzene rings is 1. The Balaban J connectivity index is 2.33. The standard InChI is InChI=1S/C14H14N2O4/c1-19-14(18)12-13(11(17)7-8-16(12)15)20-9-10-5-3-2-4-6-10/h2-8H,9,15H2,1H3. The normalized spacial score (nSPS) is 10.1. The summed E-state index contributed by atoms with van der Waals surface area (Å²) in [6.07, 6.45) is 1.28. The van der Waals surface area contributed by atoms with Crippen LogP contribution < -0.4 is 16.0 Å². The number of aromatic nitrogens is 1. The first-order valence-corrected chi connectivity index (χ1v) is 5.89. The van der Waals surface area contributed by atoms with E-state index in [2.05, 4.69) is 4.74 Å². The number of carbonyl (C=O) groups excluding carboxylic acids is 1. The van der Waals surface area contributed by atoms with Crippen LogP contribution in [0.1, 0.15) is 16.1 Å². The average molecular weight is 274 g/mol. The number of carbonyl (C=O) groups is 1. The molecule has 0 atom stereocenters. The Labute approximate surface area is 115 Å². The van der Waals surface area contributed by atoms with E-state index in [9.17, 15) is 9.59 Å². The van der Waals surface area contributed by atoms with Gasteiger partial charge in [-0.1, -0.05) is 30.3 Å². The van der Waals surface area contributed by atoms with Crippen LogP contribution in [0.3, 0.4) is 0 Å². The Kier molecular flexibility index (Phi) is 4.05. The van der Waals surface area contributed by atoms with Crippen molar-refractivity contribution in [3.63, 3.8) is 0 Å². The maximum absolute atomic E-state index is 11.8. The molecule has 1 aromatic heterocycles. The number of hydrogen-bond donors (Lipinski definition) is 1. The van der Waals surface area contributed by atoms with Gasteiger partial charge in [0.05, 0.1) is 7.11 Å². The molecular weight excluding hydrogens is 260 g/mol. The molecule has 0 unspecified atom stereocenters. The van der Waals surface area contributed by atoms with Gasteiger partial charge in [0.15, 0.2) is 11.4 Å². The first-order valence-electron chi connectivity index (χ1n) is 5.89. The lowest BCUT2D eigenvalue weighted by atomic mass is 10.2. The van der Waals surface area contributed by atoms with E-state index in [-0.39, 0.29) is 18.1 Å². The van der Waals surface area contributed by atoms with Gasteiger partial charge in [-0.05, 0) is 5.56 Å². The predicted octanol–water partition coefficient (Wildman–Crippen LogP) is 0.928. The zero-order valence-electron chi connectivity index (χ0n) is 10.9. The van der Waals surface area contributed by atoms with Gasteiger partial charge in [-0.3, -0.25) is 9.47 Å². The van der Waals surface area contributed by atoms with E-state index < -0.39 is 11.4 Å². The fourth-order valence-electron chi connectivity index (χ4n) is 1.70. The largest absolute Gasteiger partial charge is 0.482 e. The molecule has 2 rings (SSSR count). The van der Waals surface area contributed by atoms with Crippen LogP contribution in [0.25, 0.3) is 0 Å². The minimum Gasteiger partial charge on any atom is -0.482 e. The van der Waals surface area contributed by atoms with Crippen molar-refractivity contribution in [1.82, 2.24) is 4.68 Å². The minimum atomic E-state index is -0.728. The summed E-state index contributed by atoms with van der Waals surface area (Å²) >= 11 is 0. The van der Waals surface area contributed by atoms with Crippen molar-refractivity contribution in [1.29, 1.82) is 0 Å². The second-order valence-corrected chi connectivity index (χ2v) is 4.03. The first kappa shape index (κ1) is 13.7. The molecule has 6 nitrogen and oxygen atoms in total. The number of nitrogens with zero attached hydrogens (tertiary/aromatic N) is 1. The van der Waals surface area contributed by atoms with Crippen molar-refractivity contribution in [3.8, 4) is 5.75 Å². The quantitative estimate of drug-likeness (QED) is 0.662. The lowest BCUT2D eigenvalue weighted by Crippen LogP contribution is -2.25. The molecule has 1 aromatic carbocycles. The van der Waals surface area contributed by atoms with Crippen LogP contribution in [0.2, 0.25) is 0 Å². The molecule has 2 N–H and O–H groups in total. The summed E-state index contributed by atoms with van der Waals surface area (Å²) in [4.78, 5) is 23.5. The van der Waals surface area contributed by atoms with Crippen molar-refractivity contribution in [2.75, 3.05) is 13.0 Å². The zero-order valence-corrected chi connectivity index (χ0v) is 10.9. The van der Waals surface area contributed by atoms with Gasteiger partial charge in [0.2, 0.25) is 5.43 Å². The molecule has 0 amide bonds. The Hall–Kier alpha value is -2.76. The van der Waals surface area contributed by atoms with Gasteiger partial charge in [0.25, 0.3) is 0 Å².